The van der Waals surface area contributed by atoms with Crippen LogP contribution in [0.15, 0.2) is 18.2 Å². The van der Waals surface area contributed by atoms with Crippen molar-refractivity contribution in [3.05, 3.63) is 23.8 Å². The van der Waals surface area contributed by atoms with E-state index in [-0.39, 0.29) is 5.97 Å². The van der Waals surface area contributed by atoms with Crippen molar-refractivity contribution in [3.8, 4) is 0 Å². The second-order valence-electron chi connectivity index (χ2n) is 4.86. The SMILES string of the molecule is COC(=O)c1cccc(N)c1NCC(C)C(C)C. The first-order valence-electron chi connectivity index (χ1n) is 6.18. The molecule has 1 atom stereocenters. The van der Waals surface area contributed by atoms with Crippen LogP contribution in [0, 0.1) is 11.8 Å². The van der Waals surface area contributed by atoms with E-state index in [0.717, 1.165) is 6.54 Å². The molecule has 1 aromatic carbocycles. The number of benzene rings is 1. The molecule has 0 aliphatic carbocycles. The number of hydrogen-bond donors (Lipinski definition) is 2. The van der Waals surface area contributed by atoms with Gasteiger partial charge in [-0.25, -0.2) is 4.79 Å². The summed E-state index contributed by atoms with van der Waals surface area (Å²) in [6, 6.07) is 5.23. The molecule has 0 aliphatic heterocycles. The summed E-state index contributed by atoms with van der Waals surface area (Å²) in [6.45, 7) is 7.27. The number of carbonyl (C=O) groups excluding carboxylic acids is 1. The number of rotatable bonds is 5. The molecule has 1 aromatic rings. The maximum Gasteiger partial charge on any atom is 0.340 e. The molecular formula is C14H22N2O2. The lowest BCUT2D eigenvalue weighted by atomic mass is 9.98. The van der Waals surface area contributed by atoms with Crippen LogP contribution in [0.5, 0.6) is 0 Å². The third-order valence-corrected chi connectivity index (χ3v) is 3.24. The monoisotopic (exact) mass is 250 g/mol. The Balaban J connectivity index is 2.90. The van der Waals surface area contributed by atoms with Gasteiger partial charge in [-0.05, 0) is 24.0 Å². The maximum atomic E-state index is 11.6. The van der Waals surface area contributed by atoms with Crippen molar-refractivity contribution in [2.45, 2.75) is 20.8 Å². The minimum atomic E-state index is -0.373. The van der Waals surface area contributed by atoms with Gasteiger partial charge in [0.15, 0.2) is 0 Å². The van der Waals surface area contributed by atoms with Gasteiger partial charge in [-0.3, -0.25) is 0 Å². The fraction of sp³-hybridized carbons (Fsp3) is 0.500. The fourth-order valence-corrected chi connectivity index (χ4v) is 1.55. The fourth-order valence-electron chi connectivity index (χ4n) is 1.55. The first kappa shape index (κ1) is 14.4. The van der Waals surface area contributed by atoms with E-state index >= 15 is 0 Å². The number of ether oxygens (including phenoxy) is 1. The minimum Gasteiger partial charge on any atom is -0.465 e. The summed E-state index contributed by atoms with van der Waals surface area (Å²) >= 11 is 0. The Morgan fingerprint density at radius 2 is 2.06 bits per heavy atom. The average Bonchev–Trinajstić information content (AvgIpc) is 2.35. The van der Waals surface area contributed by atoms with Gasteiger partial charge >= 0.3 is 5.97 Å². The van der Waals surface area contributed by atoms with Gasteiger partial charge < -0.3 is 15.8 Å². The number of para-hydroxylation sites is 1. The molecule has 0 saturated heterocycles. The molecule has 4 heteroatoms. The van der Waals surface area contributed by atoms with E-state index in [1.165, 1.54) is 7.11 Å². The molecule has 0 fully saturated rings. The summed E-state index contributed by atoms with van der Waals surface area (Å²) in [5, 5.41) is 3.25. The highest BCUT2D eigenvalue weighted by Gasteiger charge is 2.15. The number of anilines is 2. The predicted octanol–water partition coefficient (Wildman–Crippen LogP) is 2.76. The van der Waals surface area contributed by atoms with Crippen LogP contribution in [0.3, 0.4) is 0 Å². The van der Waals surface area contributed by atoms with Gasteiger partial charge in [0, 0.05) is 6.54 Å². The number of nitrogens with two attached hydrogens (primary N) is 1. The summed E-state index contributed by atoms with van der Waals surface area (Å²) < 4.78 is 4.75. The molecule has 1 rings (SSSR count). The lowest BCUT2D eigenvalue weighted by molar-refractivity contribution is 0.0602. The Morgan fingerprint density at radius 1 is 1.39 bits per heavy atom. The van der Waals surface area contributed by atoms with Crippen LogP contribution in [-0.2, 0) is 4.74 Å². The number of nitrogen functional groups attached to an aromatic ring is 1. The summed E-state index contributed by atoms with van der Waals surface area (Å²) in [4.78, 5) is 11.6. The lowest BCUT2D eigenvalue weighted by Crippen LogP contribution is -2.19. The Kier molecular flexibility index (Phi) is 5.01. The predicted molar refractivity (Wildman–Crippen MR) is 74.7 cm³/mol. The molecule has 3 N–H and O–H groups in total. The van der Waals surface area contributed by atoms with Crippen LogP contribution in [0.4, 0.5) is 11.4 Å². The van der Waals surface area contributed by atoms with E-state index in [2.05, 4.69) is 26.1 Å². The van der Waals surface area contributed by atoms with Crippen LogP contribution in [0.25, 0.3) is 0 Å². The molecule has 0 bridgehead atoms. The Bertz CT molecular complexity index is 416. The number of hydrogen-bond acceptors (Lipinski definition) is 4. The van der Waals surface area contributed by atoms with Crippen molar-refractivity contribution in [1.29, 1.82) is 0 Å². The molecule has 0 amide bonds. The van der Waals surface area contributed by atoms with Crippen molar-refractivity contribution in [3.63, 3.8) is 0 Å². The van der Waals surface area contributed by atoms with Crippen LogP contribution in [0.2, 0.25) is 0 Å². The van der Waals surface area contributed by atoms with Crippen molar-refractivity contribution < 1.29 is 9.53 Å². The highest BCUT2D eigenvalue weighted by atomic mass is 16.5. The van der Waals surface area contributed by atoms with Gasteiger partial charge in [-0.2, -0.15) is 0 Å². The normalized spacial score (nSPS) is 12.3. The quantitative estimate of drug-likeness (QED) is 0.623. The van der Waals surface area contributed by atoms with E-state index in [1.54, 1.807) is 18.2 Å². The largest absolute Gasteiger partial charge is 0.465 e. The number of methoxy groups -OCH3 is 1. The molecule has 0 saturated carbocycles. The zero-order valence-electron chi connectivity index (χ0n) is 11.5. The third kappa shape index (κ3) is 3.39. The van der Waals surface area contributed by atoms with Crippen LogP contribution < -0.4 is 11.1 Å². The molecule has 1 unspecified atom stereocenters. The van der Waals surface area contributed by atoms with Gasteiger partial charge in [0.2, 0.25) is 0 Å². The van der Waals surface area contributed by atoms with Gasteiger partial charge in [0.05, 0.1) is 24.0 Å². The van der Waals surface area contributed by atoms with E-state index in [1.807, 2.05) is 0 Å². The zero-order chi connectivity index (χ0) is 13.7. The summed E-state index contributed by atoms with van der Waals surface area (Å²) in [5.74, 6) is 0.695. The average molecular weight is 250 g/mol. The zero-order valence-corrected chi connectivity index (χ0v) is 11.5. The second-order valence-corrected chi connectivity index (χ2v) is 4.86. The smallest absolute Gasteiger partial charge is 0.340 e. The topological polar surface area (TPSA) is 64.3 Å². The molecule has 0 spiro atoms. The number of carbonyl (C=O) groups is 1. The van der Waals surface area contributed by atoms with E-state index < -0.39 is 0 Å². The van der Waals surface area contributed by atoms with E-state index in [0.29, 0.717) is 28.8 Å². The highest BCUT2D eigenvalue weighted by Crippen LogP contribution is 2.25. The molecule has 0 aromatic heterocycles. The van der Waals surface area contributed by atoms with Crippen molar-refractivity contribution in [2.75, 3.05) is 24.7 Å². The molecule has 100 valence electrons. The Morgan fingerprint density at radius 3 is 2.61 bits per heavy atom. The van der Waals surface area contributed by atoms with E-state index in [9.17, 15) is 4.79 Å². The van der Waals surface area contributed by atoms with Gasteiger partial charge in [-0.15, -0.1) is 0 Å². The summed E-state index contributed by atoms with van der Waals surface area (Å²) in [7, 11) is 1.37. The molecule has 0 aliphatic rings. The summed E-state index contributed by atoms with van der Waals surface area (Å²) in [5.41, 5.74) is 7.61. The lowest BCUT2D eigenvalue weighted by Gasteiger charge is -2.19. The van der Waals surface area contributed by atoms with Crippen LogP contribution in [-0.4, -0.2) is 19.6 Å². The third-order valence-electron chi connectivity index (χ3n) is 3.24. The highest BCUT2D eigenvalue weighted by molar-refractivity contribution is 5.98. The first-order valence-corrected chi connectivity index (χ1v) is 6.18. The standard InChI is InChI=1S/C14H22N2O2/c1-9(2)10(3)8-16-13-11(14(17)18-4)6-5-7-12(13)15/h5-7,9-10,16H,8,15H2,1-4H3. The van der Waals surface area contributed by atoms with Gasteiger partial charge in [0.1, 0.15) is 0 Å². The minimum absolute atomic E-state index is 0.373. The maximum absolute atomic E-state index is 11.6. The van der Waals surface area contributed by atoms with Crippen molar-refractivity contribution in [1.82, 2.24) is 0 Å². The Hall–Kier alpha value is -1.71. The number of nitrogens with one attached hydrogen (secondary N) is 1. The first-order chi connectivity index (χ1) is 8.47. The van der Waals surface area contributed by atoms with Crippen molar-refractivity contribution >= 4 is 17.3 Å². The van der Waals surface area contributed by atoms with Gasteiger partial charge in [-0.1, -0.05) is 26.8 Å². The van der Waals surface area contributed by atoms with Crippen LogP contribution >= 0.6 is 0 Å². The molecule has 0 radical (unpaired) electrons. The van der Waals surface area contributed by atoms with E-state index in [4.69, 9.17) is 10.5 Å². The second kappa shape index (κ2) is 6.28. The Labute approximate surface area is 109 Å². The summed E-state index contributed by atoms with van der Waals surface area (Å²) in [6.07, 6.45) is 0. The molecule has 18 heavy (non-hydrogen) atoms. The van der Waals surface area contributed by atoms with Crippen molar-refractivity contribution in [2.24, 2.45) is 11.8 Å². The number of esters is 1. The molecule has 4 nitrogen and oxygen atoms in total. The van der Waals surface area contributed by atoms with Crippen LogP contribution in [0.1, 0.15) is 31.1 Å². The molecular weight excluding hydrogens is 228 g/mol. The molecule has 0 heterocycles. The van der Waals surface area contributed by atoms with Gasteiger partial charge in [0.25, 0.3) is 0 Å².